The predicted octanol–water partition coefficient (Wildman–Crippen LogP) is 3.41. The van der Waals surface area contributed by atoms with Crippen LogP contribution in [0.4, 0.5) is 28.7 Å². The Hall–Kier alpha value is -3.68. The number of carbonyl (C=O) groups is 1. The molecule has 0 fully saturated rings. The Morgan fingerprint density at radius 3 is 2.36 bits per heavy atom. The van der Waals surface area contributed by atoms with E-state index in [9.17, 15) is 4.79 Å². The Balaban J connectivity index is 1.84. The molecular formula is C17H17N7O. The number of rotatable bonds is 4. The van der Waals surface area contributed by atoms with Crippen molar-refractivity contribution in [2.45, 2.75) is 6.92 Å². The van der Waals surface area contributed by atoms with Crippen LogP contribution in [-0.2, 0) is 4.79 Å². The lowest BCUT2D eigenvalue weighted by molar-refractivity contribution is -0.114. The van der Waals surface area contributed by atoms with Crippen LogP contribution in [0.15, 0.2) is 64.8 Å². The molecule has 1 heterocycles. The Morgan fingerprint density at radius 1 is 1.04 bits per heavy atom. The number of aromatic nitrogens is 2. The summed E-state index contributed by atoms with van der Waals surface area (Å²) in [5, 5.41) is 15.1. The third kappa shape index (κ3) is 3.63. The van der Waals surface area contributed by atoms with E-state index in [1.54, 1.807) is 24.3 Å². The number of nitrogen functional groups attached to an aromatic ring is 2. The van der Waals surface area contributed by atoms with Crippen LogP contribution in [0, 0.1) is 0 Å². The van der Waals surface area contributed by atoms with Crippen molar-refractivity contribution in [2.75, 3.05) is 16.8 Å². The van der Waals surface area contributed by atoms with Crippen LogP contribution in [0.25, 0.3) is 5.69 Å². The van der Waals surface area contributed by atoms with Crippen LogP contribution in [-0.4, -0.2) is 15.7 Å². The molecule has 0 radical (unpaired) electrons. The lowest BCUT2D eigenvalue weighted by Crippen LogP contribution is -2.04. The Labute approximate surface area is 144 Å². The SMILES string of the molecule is CC(=O)Nc1ccc(N=Nc2c(N)nn(-c3ccccc3)c2N)cc1. The van der Waals surface area contributed by atoms with Crippen molar-refractivity contribution in [3.63, 3.8) is 0 Å². The van der Waals surface area contributed by atoms with Gasteiger partial charge in [-0.15, -0.1) is 10.2 Å². The zero-order valence-electron chi connectivity index (χ0n) is 13.5. The third-order valence-corrected chi connectivity index (χ3v) is 3.38. The molecule has 0 aliphatic heterocycles. The van der Waals surface area contributed by atoms with Gasteiger partial charge >= 0.3 is 0 Å². The van der Waals surface area contributed by atoms with E-state index in [4.69, 9.17) is 11.5 Å². The molecule has 1 aromatic heterocycles. The van der Waals surface area contributed by atoms with Crippen molar-refractivity contribution < 1.29 is 4.79 Å². The van der Waals surface area contributed by atoms with Gasteiger partial charge in [-0.25, -0.2) is 4.68 Å². The number of anilines is 3. The number of para-hydroxylation sites is 1. The lowest BCUT2D eigenvalue weighted by atomic mass is 10.3. The van der Waals surface area contributed by atoms with Crippen LogP contribution in [0.5, 0.6) is 0 Å². The zero-order chi connectivity index (χ0) is 17.8. The number of nitrogens with zero attached hydrogens (tertiary/aromatic N) is 4. The Bertz CT molecular complexity index is 914. The fourth-order valence-electron chi connectivity index (χ4n) is 2.23. The maximum absolute atomic E-state index is 11.0. The minimum absolute atomic E-state index is 0.136. The zero-order valence-corrected chi connectivity index (χ0v) is 13.5. The van der Waals surface area contributed by atoms with Gasteiger partial charge in [0.25, 0.3) is 0 Å². The first-order valence-electron chi connectivity index (χ1n) is 7.53. The summed E-state index contributed by atoms with van der Waals surface area (Å²) in [6, 6.07) is 16.3. The van der Waals surface area contributed by atoms with Crippen LogP contribution in [0.2, 0.25) is 0 Å². The molecule has 5 N–H and O–H groups in total. The molecule has 0 aliphatic carbocycles. The molecule has 0 aliphatic rings. The minimum atomic E-state index is -0.136. The molecular weight excluding hydrogens is 318 g/mol. The van der Waals surface area contributed by atoms with Gasteiger partial charge in [-0.05, 0) is 36.4 Å². The smallest absolute Gasteiger partial charge is 0.221 e. The average molecular weight is 335 g/mol. The number of amides is 1. The first-order valence-corrected chi connectivity index (χ1v) is 7.53. The third-order valence-electron chi connectivity index (χ3n) is 3.38. The second-order valence-electron chi connectivity index (χ2n) is 5.29. The minimum Gasteiger partial charge on any atom is -0.382 e. The normalized spacial score (nSPS) is 10.9. The van der Waals surface area contributed by atoms with E-state index in [-0.39, 0.29) is 11.7 Å². The van der Waals surface area contributed by atoms with Gasteiger partial charge in [0.2, 0.25) is 5.91 Å². The first-order chi connectivity index (χ1) is 12.0. The molecule has 3 rings (SSSR count). The number of azo groups is 1. The highest BCUT2D eigenvalue weighted by Gasteiger charge is 2.14. The van der Waals surface area contributed by atoms with E-state index in [1.165, 1.54) is 11.6 Å². The molecule has 0 saturated carbocycles. The maximum atomic E-state index is 11.0. The number of benzene rings is 2. The van der Waals surface area contributed by atoms with Gasteiger partial charge in [-0.3, -0.25) is 4.79 Å². The summed E-state index contributed by atoms with van der Waals surface area (Å²) in [6.45, 7) is 1.45. The van der Waals surface area contributed by atoms with Crippen LogP contribution >= 0.6 is 0 Å². The number of hydrogen-bond acceptors (Lipinski definition) is 6. The van der Waals surface area contributed by atoms with Crippen molar-refractivity contribution >= 4 is 34.6 Å². The molecule has 1 amide bonds. The number of carbonyl (C=O) groups excluding carboxylic acids is 1. The summed E-state index contributed by atoms with van der Waals surface area (Å²) in [5.41, 5.74) is 14.4. The molecule has 8 nitrogen and oxygen atoms in total. The van der Waals surface area contributed by atoms with Gasteiger partial charge in [-0.1, -0.05) is 18.2 Å². The molecule has 2 aromatic carbocycles. The fourth-order valence-corrected chi connectivity index (χ4v) is 2.23. The molecule has 0 spiro atoms. The standard InChI is InChI=1S/C17H17N7O/c1-11(25)20-12-7-9-13(10-8-12)21-22-15-16(18)23-24(17(15)19)14-5-3-2-4-6-14/h2-10H,19H2,1H3,(H2,18,23)(H,20,25). The summed E-state index contributed by atoms with van der Waals surface area (Å²) < 4.78 is 1.52. The molecule has 3 aromatic rings. The van der Waals surface area contributed by atoms with Crippen molar-refractivity contribution in [1.29, 1.82) is 0 Å². The van der Waals surface area contributed by atoms with Crippen molar-refractivity contribution in [2.24, 2.45) is 10.2 Å². The monoisotopic (exact) mass is 335 g/mol. The molecule has 0 atom stereocenters. The highest BCUT2D eigenvalue weighted by atomic mass is 16.1. The Morgan fingerprint density at radius 2 is 1.72 bits per heavy atom. The molecule has 8 heteroatoms. The number of hydrogen-bond donors (Lipinski definition) is 3. The summed E-state index contributed by atoms with van der Waals surface area (Å²) in [5.74, 6) is 0.366. The first kappa shape index (κ1) is 16.2. The van der Waals surface area contributed by atoms with Crippen molar-refractivity contribution in [3.05, 3.63) is 54.6 Å². The molecule has 126 valence electrons. The van der Waals surface area contributed by atoms with Crippen LogP contribution in [0.3, 0.4) is 0 Å². The van der Waals surface area contributed by atoms with Gasteiger partial charge in [-0.2, -0.15) is 5.11 Å². The fraction of sp³-hybridized carbons (Fsp3) is 0.0588. The van der Waals surface area contributed by atoms with E-state index in [0.29, 0.717) is 22.9 Å². The summed E-state index contributed by atoms with van der Waals surface area (Å²) in [4.78, 5) is 11.0. The highest BCUT2D eigenvalue weighted by molar-refractivity contribution is 5.88. The quantitative estimate of drug-likeness (QED) is 0.632. The van der Waals surface area contributed by atoms with E-state index >= 15 is 0 Å². The van der Waals surface area contributed by atoms with E-state index < -0.39 is 0 Å². The van der Waals surface area contributed by atoms with Gasteiger partial charge in [0.1, 0.15) is 0 Å². The number of nitrogens with two attached hydrogens (primary N) is 2. The highest BCUT2D eigenvalue weighted by Crippen LogP contribution is 2.32. The van der Waals surface area contributed by atoms with E-state index in [1.807, 2.05) is 30.3 Å². The molecule has 0 saturated heterocycles. The average Bonchev–Trinajstić information content (AvgIpc) is 2.89. The predicted molar refractivity (Wildman–Crippen MR) is 97.3 cm³/mol. The van der Waals surface area contributed by atoms with Crippen molar-refractivity contribution in [3.8, 4) is 5.69 Å². The number of nitrogens with one attached hydrogen (secondary N) is 1. The van der Waals surface area contributed by atoms with E-state index in [0.717, 1.165) is 5.69 Å². The summed E-state index contributed by atoms with van der Waals surface area (Å²) in [6.07, 6.45) is 0. The molecule has 0 unspecified atom stereocenters. The molecule has 0 bridgehead atoms. The molecule has 25 heavy (non-hydrogen) atoms. The summed E-state index contributed by atoms with van der Waals surface area (Å²) in [7, 11) is 0. The largest absolute Gasteiger partial charge is 0.382 e. The summed E-state index contributed by atoms with van der Waals surface area (Å²) >= 11 is 0. The van der Waals surface area contributed by atoms with Crippen LogP contribution in [0.1, 0.15) is 6.92 Å². The van der Waals surface area contributed by atoms with Gasteiger partial charge < -0.3 is 16.8 Å². The second kappa shape index (κ2) is 6.83. The van der Waals surface area contributed by atoms with E-state index in [2.05, 4.69) is 20.6 Å². The second-order valence-corrected chi connectivity index (χ2v) is 5.29. The van der Waals surface area contributed by atoms with Gasteiger partial charge in [0.05, 0.1) is 11.4 Å². The van der Waals surface area contributed by atoms with Crippen LogP contribution < -0.4 is 16.8 Å². The lowest BCUT2D eigenvalue weighted by Gasteiger charge is -2.02. The van der Waals surface area contributed by atoms with Gasteiger partial charge in [0, 0.05) is 12.6 Å². The topological polar surface area (TPSA) is 124 Å². The Kier molecular flexibility index (Phi) is 4.42. The van der Waals surface area contributed by atoms with Crippen molar-refractivity contribution in [1.82, 2.24) is 9.78 Å². The van der Waals surface area contributed by atoms with Gasteiger partial charge in [0.15, 0.2) is 17.3 Å². The maximum Gasteiger partial charge on any atom is 0.221 e.